The van der Waals surface area contributed by atoms with E-state index in [0.29, 0.717) is 35.8 Å². The van der Waals surface area contributed by atoms with Gasteiger partial charge >= 0.3 is 0 Å². The Hall–Kier alpha value is -3.54. The maximum absolute atomic E-state index is 6.61. The Balaban J connectivity index is 0.910. The molecule has 3 aliphatic heterocycles. The SMILES string of the molecule is CCC(C)N1CCN(c2ccc(N3CCN(c4ccc(OCC5COC(Cn6ccnc6)(c6ccc(Cl)cc6Cl)O5)cc4)CC3)cc2)C1=S. The zero-order valence-electron chi connectivity index (χ0n) is 27.9. The fraction of sp³-hybridized carbons (Fsp3) is 0.405. The molecule has 49 heavy (non-hydrogen) atoms. The molecule has 3 unspecified atom stereocenters. The van der Waals surface area contributed by atoms with Crippen LogP contribution >= 0.6 is 35.4 Å². The normalized spacial score (nSPS) is 21.9. The zero-order chi connectivity index (χ0) is 34.0. The molecular weight excluding hydrogens is 679 g/mol. The molecule has 4 heterocycles. The van der Waals surface area contributed by atoms with Crippen LogP contribution in [0.25, 0.3) is 0 Å². The lowest BCUT2D eigenvalue weighted by Gasteiger charge is -2.37. The minimum absolute atomic E-state index is 0.288. The molecular formula is C37H42Cl2N6O3S. The molecule has 3 saturated heterocycles. The first-order chi connectivity index (χ1) is 23.8. The van der Waals surface area contributed by atoms with Crippen LogP contribution in [0.2, 0.25) is 10.0 Å². The predicted molar refractivity (Wildman–Crippen MR) is 200 cm³/mol. The van der Waals surface area contributed by atoms with Crippen LogP contribution in [0.3, 0.4) is 0 Å². The van der Waals surface area contributed by atoms with Crippen LogP contribution in [0.4, 0.5) is 17.1 Å². The van der Waals surface area contributed by atoms with Crippen LogP contribution < -0.4 is 19.4 Å². The van der Waals surface area contributed by atoms with Gasteiger partial charge in [0.05, 0.1) is 24.5 Å². The lowest BCUT2D eigenvalue weighted by atomic mass is 10.1. The van der Waals surface area contributed by atoms with Crippen LogP contribution in [0.5, 0.6) is 5.75 Å². The topological polar surface area (TPSA) is 58.5 Å². The minimum atomic E-state index is -1.08. The maximum Gasteiger partial charge on any atom is 0.215 e. The summed E-state index contributed by atoms with van der Waals surface area (Å²) in [5, 5.41) is 1.98. The maximum atomic E-state index is 6.61. The van der Waals surface area contributed by atoms with Gasteiger partial charge in [0.25, 0.3) is 0 Å². The highest BCUT2D eigenvalue weighted by Crippen LogP contribution is 2.40. The molecule has 4 aromatic rings. The molecule has 0 bridgehead atoms. The molecule has 3 atom stereocenters. The summed E-state index contributed by atoms with van der Waals surface area (Å²) >= 11 is 18.6. The number of halogens is 2. The predicted octanol–water partition coefficient (Wildman–Crippen LogP) is 7.07. The van der Waals surface area contributed by atoms with E-state index < -0.39 is 5.79 Å². The lowest BCUT2D eigenvalue weighted by molar-refractivity contribution is -0.189. The summed E-state index contributed by atoms with van der Waals surface area (Å²) in [5.74, 6) is -0.298. The fourth-order valence-corrected chi connectivity index (χ4v) is 7.83. The number of thiocarbonyl (C=S) groups is 1. The molecule has 3 fully saturated rings. The van der Waals surface area contributed by atoms with E-state index in [-0.39, 0.29) is 6.10 Å². The van der Waals surface area contributed by atoms with Gasteiger partial charge in [0.1, 0.15) is 18.5 Å². The average molecular weight is 722 g/mol. The summed E-state index contributed by atoms with van der Waals surface area (Å²) in [6.07, 6.45) is 6.13. The largest absolute Gasteiger partial charge is 0.491 e. The first-order valence-corrected chi connectivity index (χ1v) is 18.1. The highest BCUT2D eigenvalue weighted by Gasteiger charge is 2.45. The Morgan fingerprint density at radius 2 is 1.59 bits per heavy atom. The van der Waals surface area contributed by atoms with Crippen LogP contribution in [-0.4, -0.2) is 84.2 Å². The highest BCUT2D eigenvalue weighted by atomic mass is 35.5. The van der Waals surface area contributed by atoms with Crippen LogP contribution in [0.1, 0.15) is 25.8 Å². The Labute approximate surface area is 303 Å². The van der Waals surface area contributed by atoms with Crippen molar-refractivity contribution in [2.24, 2.45) is 0 Å². The number of piperazine rings is 1. The van der Waals surface area contributed by atoms with Crippen molar-refractivity contribution in [2.45, 2.75) is 44.7 Å². The van der Waals surface area contributed by atoms with E-state index in [4.69, 9.17) is 49.6 Å². The number of rotatable bonds is 11. The molecule has 258 valence electrons. The number of aromatic nitrogens is 2. The van der Waals surface area contributed by atoms with E-state index in [0.717, 1.165) is 62.1 Å². The van der Waals surface area contributed by atoms with Gasteiger partial charge in [-0.2, -0.15) is 0 Å². The third kappa shape index (κ3) is 7.35. The van der Waals surface area contributed by atoms with Gasteiger partial charge in [0.2, 0.25) is 5.79 Å². The smallest absolute Gasteiger partial charge is 0.215 e. The second-order valence-electron chi connectivity index (χ2n) is 12.8. The van der Waals surface area contributed by atoms with Gasteiger partial charge in [-0.1, -0.05) is 36.2 Å². The van der Waals surface area contributed by atoms with Crippen molar-refractivity contribution in [1.29, 1.82) is 0 Å². The van der Waals surface area contributed by atoms with Crippen molar-refractivity contribution in [3.05, 3.63) is 101 Å². The highest BCUT2D eigenvalue weighted by molar-refractivity contribution is 7.80. The van der Waals surface area contributed by atoms with Gasteiger partial charge in [0.15, 0.2) is 5.11 Å². The number of imidazole rings is 1. The van der Waals surface area contributed by atoms with E-state index in [9.17, 15) is 0 Å². The Morgan fingerprint density at radius 1 is 0.918 bits per heavy atom. The number of nitrogens with zero attached hydrogens (tertiary/aromatic N) is 6. The van der Waals surface area contributed by atoms with Gasteiger partial charge in [0, 0.05) is 85.4 Å². The number of benzene rings is 3. The summed E-state index contributed by atoms with van der Waals surface area (Å²) in [5.41, 5.74) is 4.33. The van der Waals surface area contributed by atoms with Crippen molar-refractivity contribution in [3.63, 3.8) is 0 Å². The average Bonchev–Trinajstić information content (AvgIpc) is 3.88. The molecule has 3 aliphatic rings. The number of ether oxygens (including phenoxy) is 3. The molecule has 1 aromatic heterocycles. The number of anilines is 3. The Bertz CT molecular complexity index is 1720. The molecule has 7 rings (SSSR count). The molecule has 0 saturated carbocycles. The Morgan fingerprint density at radius 3 is 2.22 bits per heavy atom. The molecule has 12 heteroatoms. The molecule has 3 aromatic carbocycles. The second-order valence-corrected chi connectivity index (χ2v) is 14.1. The van der Waals surface area contributed by atoms with Crippen LogP contribution in [0.15, 0.2) is 85.5 Å². The van der Waals surface area contributed by atoms with Gasteiger partial charge in [-0.25, -0.2) is 4.98 Å². The standard InChI is InChI=1S/C37H42Cl2N6O3S/c1-3-27(2)44-20-21-45(36(44)49)31-7-5-29(6-8-31)42-16-18-43(19-17-42)30-9-11-32(12-10-30)46-23-33-24-47-37(48-33,25-41-15-14-40-26-41)34-13-4-28(38)22-35(34)39/h4-15,22,26-27,33H,3,16-21,23-25H2,1-2H3. The summed E-state index contributed by atoms with van der Waals surface area (Å²) < 4.78 is 20.9. The van der Waals surface area contributed by atoms with E-state index in [1.54, 1.807) is 24.7 Å². The monoisotopic (exact) mass is 720 g/mol. The second kappa shape index (κ2) is 14.7. The van der Waals surface area contributed by atoms with Crippen molar-refractivity contribution in [3.8, 4) is 5.75 Å². The van der Waals surface area contributed by atoms with Crippen molar-refractivity contribution in [2.75, 3.05) is 67.2 Å². The van der Waals surface area contributed by atoms with Gasteiger partial charge in [-0.3, -0.25) is 0 Å². The van der Waals surface area contributed by atoms with Crippen molar-refractivity contribution < 1.29 is 14.2 Å². The van der Waals surface area contributed by atoms with E-state index in [1.165, 1.54) is 17.1 Å². The molecule has 9 nitrogen and oxygen atoms in total. The summed E-state index contributed by atoms with van der Waals surface area (Å²) in [6.45, 7) is 11.3. The number of hydrogen-bond donors (Lipinski definition) is 0. The zero-order valence-corrected chi connectivity index (χ0v) is 30.2. The summed E-state index contributed by atoms with van der Waals surface area (Å²) in [6, 6.07) is 23.0. The van der Waals surface area contributed by atoms with Gasteiger partial charge in [-0.05, 0) is 86.2 Å². The molecule has 0 spiro atoms. The first kappa shape index (κ1) is 33.9. The number of hydrogen-bond acceptors (Lipinski definition) is 7. The quantitative estimate of drug-likeness (QED) is 0.152. The van der Waals surface area contributed by atoms with Crippen molar-refractivity contribution >= 4 is 57.6 Å². The summed E-state index contributed by atoms with van der Waals surface area (Å²) in [7, 11) is 0. The first-order valence-electron chi connectivity index (χ1n) is 17.0. The van der Waals surface area contributed by atoms with E-state index >= 15 is 0 Å². The van der Waals surface area contributed by atoms with Crippen LogP contribution in [-0.2, 0) is 21.8 Å². The van der Waals surface area contributed by atoms with Crippen LogP contribution in [0, 0.1) is 0 Å². The molecule has 0 N–H and O–H groups in total. The Kier molecular flexibility index (Phi) is 10.2. The van der Waals surface area contributed by atoms with E-state index in [1.807, 2.05) is 29.0 Å². The fourth-order valence-electron chi connectivity index (χ4n) is 6.81. The third-order valence-electron chi connectivity index (χ3n) is 9.76. The van der Waals surface area contributed by atoms with Gasteiger partial charge < -0.3 is 38.4 Å². The lowest BCUT2D eigenvalue weighted by Crippen LogP contribution is -2.46. The molecule has 0 radical (unpaired) electrons. The molecule has 0 aliphatic carbocycles. The summed E-state index contributed by atoms with van der Waals surface area (Å²) in [4.78, 5) is 13.7. The van der Waals surface area contributed by atoms with Crippen molar-refractivity contribution in [1.82, 2.24) is 14.5 Å². The minimum Gasteiger partial charge on any atom is -0.491 e. The molecule has 0 amide bonds. The van der Waals surface area contributed by atoms with Gasteiger partial charge in [-0.15, -0.1) is 0 Å². The third-order valence-corrected chi connectivity index (χ3v) is 10.8. The van der Waals surface area contributed by atoms with E-state index in [2.05, 4.69) is 74.8 Å².